The van der Waals surface area contributed by atoms with Gasteiger partial charge in [-0.05, 0) is 23.7 Å². The number of carbonyl (C=O) groups excluding carboxylic acids is 1. The molecule has 1 heterocycles. The maximum Gasteiger partial charge on any atom is 0.343 e. The summed E-state index contributed by atoms with van der Waals surface area (Å²) in [5, 5.41) is 2.98. The smallest absolute Gasteiger partial charge is 0.343 e. The Morgan fingerprint density at radius 1 is 1.23 bits per heavy atom. The van der Waals surface area contributed by atoms with Crippen LogP contribution in [0.25, 0.3) is 0 Å². The van der Waals surface area contributed by atoms with E-state index in [2.05, 4.69) is 15.3 Å². The highest BCUT2D eigenvalue weighted by Crippen LogP contribution is 2.32. The molecule has 7 nitrogen and oxygen atoms in total. The molecule has 0 radical (unpaired) electrons. The van der Waals surface area contributed by atoms with E-state index in [-0.39, 0.29) is 16.7 Å². The maximum atomic E-state index is 11.8. The van der Waals surface area contributed by atoms with Crippen LogP contribution < -0.4 is 14.8 Å². The first-order valence-corrected chi connectivity index (χ1v) is 6.56. The van der Waals surface area contributed by atoms with Crippen molar-refractivity contribution in [2.75, 3.05) is 26.6 Å². The zero-order chi connectivity index (χ0) is 16.1. The number of anilines is 2. The van der Waals surface area contributed by atoms with Gasteiger partial charge < -0.3 is 19.5 Å². The Hall–Kier alpha value is -2.54. The van der Waals surface area contributed by atoms with Crippen LogP contribution in [-0.4, -0.2) is 37.3 Å². The van der Waals surface area contributed by atoms with Crippen LogP contribution in [0.3, 0.4) is 0 Å². The quantitative estimate of drug-likeness (QED) is 0.669. The third-order valence-electron chi connectivity index (χ3n) is 2.83. The lowest BCUT2D eigenvalue weighted by Crippen LogP contribution is -2.09. The third kappa shape index (κ3) is 3.37. The van der Waals surface area contributed by atoms with Crippen molar-refractivity contribution in [2.45, 2.75) is 0 Å². The molecule has 1 aromatic heterocycles. The molecule has 0 saturated heterocycles. The molecule has 8 heteroatoms. The average molecular weight is 324 g/mol. The van der Waals surface area contributed by atoms with E-state index < -0.39 is 5.97 Å². The Labute approximate surface area is 132 Å². The summed E-state index contributed by atoms with van der Waals surface area (Å²) < 4.78 is 15.1. The fraction of sp³-hybridized carbons (Fsp3) is 0.214. The van der Waals surface area contributed by atoms with Crippen LogP contribution >= 0.6 is 11.6 Å². The van der Waals surface area contributed by atoms with E-state index in [4.69, 9.17) is 25.8 Å². The first-order chi connectivity index (χ1) is 10.6. The van der Waals surface area contributed by atoms with Crippen LogP contribution in [0.2, 0.25) is 5.28 Å². The SMILES string of the molecule is COC(=O)c1cnc(Cl)nc1Nc1ccc(OC)cc1OC. The van der Waals surface area contributed by atoms with Crippen LogP contribution in [0, 0.1) is 0 Å². The van der Waals surface area contributed by atoms with Crippen LogP contribution in [0.5, 0.6) is 11.5 Å². The van der Waals surface area contributed by atoms with E-state index in [1.54, 1.807) is 25.3 Å². The highest BCUT2D eigenvalue weighted by atomic mass is 35.5. The first kappa shape index (κ1) is 15.8. The lowest BCUT2D eigenvalue weighted by molar-refractivity contribution is 0.0601. The van der Waals surface area contributed by atoms with Gasteiger partial charge in [-0.25, -0.2) is 9.78 Å². The molecule has 0 aliphatic rings. The molecule has 0 saturated carbocycles. The highest BCUT2D eigenvalue weighted by molar-refractivity contribution is 6.28. The number of nitrogens with zero attached hydrogens (tertiary/aromatic N) is 2. The van der Waals surface area contributed by atoms with Crippen molar-refractivity contribution < 1.29 is 19.0 Å². The second kappa shape index (κ2) is 6.95. The van der Waals surface area contributed by atoms with Gasteiger partial charge in [-0.1, -0.05) is 0 Å². The number of esters is 1. The van der Waals surface area contributed by atoms with Crippen molar-refractivity contribution in [1.29, 1.82) is 0 Å². The molecule has 0 unspecified atom stereocenters. The minimum Gasteiger partial charge on any atom is -0.497 e. The Morgan fingerprint density at radius 3 is 2.64 bits per heavy atom. The third-order valence-corrected chi connectivity index (χ3v) is 3.01. The van der Waals surface area contributed by atoms with Gasteiger partial charge in [0.1, 0.15) is 22.9 Å². The van der Waals surface area contributed by atoms with Gasteiger partial charge in [0.2, 0.25) is 5.28 Å². The number of halogens is 1. The molecule has 0 aliphatic heterocycles. The van der Waals surface area contributed by atoms with Gasteiger partial charge in [0.15, 0.2) is 0 Å². The molecule has 0 fully saturated rings. The van der Waals surface area contributed by atoms with E-state index in [1.807, 2.05) is 0 Å². The fourth-order valence-electron chi connectivity index (χ4n) is 1.74. The highest BCUT2D eigenvalue weighted by Gasteiger charge is 2.16. The van der Waals surface area contributed by atoms with Gasteiger partial charge >= 0.3 is 5.97 Å². The molecule has 22 heavy (non-hydrogen) atoms. The number of rotatable bonds is 5. The monoisotopic (exact) mass is 323 g/mol. The first-order valence-electron chi connectivity index (χ1n) is 6.19. The normalized spacial score (nSPS) is 10.0. The number of hydrogen-bond donors (Lipinski definition) is 1. The second-order valence-electron chi connectivity index (χ2n) is 4.08. The van der Waals surface area contributed by atoms with Crippen molar-refractivity contribution in [3.63, 3.8) is 0 Å². The van der Waals surface area contributed by atoms with Crippen molar-refractivity contribution in [2.24, 2.45) is 0 Å². The summed E-state index contributed by atoms with van der Waals surface area (Å²) in [5.74, 6) is 0.795. The largest absolute Gasteiger partial charge is 0.497 e. The molecular weight excluding hydrogens is 310 g/mol. The summed E-state index contributed by atoms with van der Waals surface area (Å²) in [5.41, 5.74) is 0.744. The van der Waals surface area contributed by atoms with E-state index in [0.717, 1.165) is 0 Å². The lowest BCUT2D eigenvalue weighted by atomic mass is 10.2. The summed E-state index contributed by atoms with van der Waals surface area (Å²) in [6, 6.07) is 5.17. The van der Waals surface area contributed by atoms with E-state index in [9.17, 15) is 4.79 Å². The summed E-state index contributed by atoms with van der Waals surface area (Å²) >= 11 is 5.79. The van der Waals surface area contributed by atoms with Crippen LogP contribution in [0.15, 0.2) is 24.4 Å². The molecule has 0 atom stereocenters. The van der Waals surface area contributed by atoms with Gasteiger partial charge in [-0.2, -0.15) is 4.98 Å². The number of nitrogens with one attached hydrogen (secondary N) is 1. The molecule has 0 bridgehead atoms. The molecule has 0 amide bonds. The number of aromatic nitrogens is 2. The molecule has 2 aromatic rings. The number of carbonyl (C=O) groups is 1. The number of benzene rings is 1. The summed E-state index contributed by atoms with van der Waals surface area (Å²) in [6.45, 7) is 0. The van der Waals surface area contributed by atoms with Crippen LogP contribution in [0.1, 0.15) is 10.4 Å². The maximum absolute atomic E-state index is 11.8. The van der Waals surface area contributed by atoms with Gasteiger partial charge in [0.05, 0.1) is 27.0 Å². The molecule has 0 spiro atoms. The zero-order valence-corrected chi connectivity index (χ0v) is 13.0. The van der Waals surface area contributed by atoms with E-state index in [1.165, 1.54) is 20.4 Å². The molecule has 1 aromatic carbocycles. The Morgan fingerprint density at radius 2 is 2.00 bits per heavy atom. The summed E-state index contributed by atoms with van der Waals surface area (Å²) in [4.78, 5) is 19.5. The van der Waals surface area contributed by atoms with Crippen molar-refractivity contribution >= 4 is 29.1 Å². The lowest BCUT2D eigenvalue weighted by Gasteiger charge is -2.13. The number of hydrogen-bond acceptors (Lipinski definition) is 7. The number of methoxy groups -OCH3 is 3. The van der Waals surface area contributed by atoms with Gasteiger partial charge in [-0.15, -0.1) is 0 Å². The molecule has 2 rings (SSSR count). The Bertz CT molecular complexity index is 694. The van der Waals surface area contributed by atoms with E-state index in [0.29, 0.717) is 17.2 Å². The van der Waals surface area contributed by atoms with E-state index >= 15 is 0 Å². The van der Waals surface area contributed by atoms with Crippen LogP contribution in [-0.2, 0) is 4.74 Å². The molecular formula is C14H14ClN3O4. The van der Waals surface area contributed by atoms with Crippen molar-refractivity contribution in [1.82, 2.24) is 9.97 Å². The minimum atomic E-state index is -0.577. The average Bonchev–Trinajstić information content (AvgIpc) is 2.54. The Balaban J connectivity index is 2.42. The van der Waals surface area contributed by atoms with Gasteiger partial charge in [-0.3, -0.25) is 0 Å². The molecule has 116 valence electrons. The predicted octanol–water partition coefficient (Wildman–Crippen LogP) is 2.68. The van der Waals surface area contributed by atoms with Crippen molar-refractivity contribution in [3.8, 4) is 11.5 Å². The number of ether oxygens (including phenoxy) is 3. The topological polar surface area (TPSA) is 82.6 Å². The second-order valence-corrected chi connectivity index (χ2v) is 4.42. The van der Waals surface area contributed by atoms with Crippen molar-refractivity contribution in [3.05, 3.63) is 35.2 Å². The van der Waals surface area contributed by atoms with Crippen LogP contribution in [0.4, 0.5) is 11.5 Å². The standard InChI is InChI=1S/C14H14ClN3O4/c1-20-8-4-5-10(11(6-8)21-2)17-12-9(13(19)22-3)7-16-14(15)18-12/h4-7H,1-3H3,(H,16,17,18). The fourth-order valence-corrected chi connectivity index (χ4v) is 1.88. The summed E-state index contributed by atoms with van der Waals surface area (Å²) in [7, 11) is 4.35. The predicted molar refractivity (Wildman–Crippen MR) is 81.2 cm³/mol. The zero-order valence-electron chi connectivity index (χ0n) is 12.2. The van der Waals surface area contributed by atoms with Gasteiger partial charge in [0.25, 0.3) is 0 Å². The minimum absolute atomic E-state index is 0.00244. The molecule has 0 aliphatic carbocycles. The summed E-state index contributed by atoms with van der Waals surface area (Å²) in [6.07, 6.45) is 1.29. The molecule has 1 N–H and O–H groups in total. The Kier molecular flexibility index (Phi) is 5.00. The van der Waals surface area contributed by atoms with Gasteiger partial charge in [0, 0.05) is 12.3 Å².